The fourth-order valence-corrected chi connectivity index (χ4v) is 1.84. The molecule has 1 atom stereocenters. The van der Waals surface area contributed by atoms with E-state index in [1.807, 2.05) is 0 Å². The van der Waals surface area contributed by atoms with Crippen molar-refractivity contribution < 1.29 is 0 Å². The van der Waals surface area contributed by atoms with E-state index in [0.29, 0.717) is 0 Å². The highest BCUT2D eigenvalue weighted by molar-refractivity contribution is 5.24. The molecule has 0 nitrogen and oxygen atoms in total. The number of benzene rings is 1. The zero-order chi connectivity index (χ0) is 10.4. The second-order valence-electron chi connectivity index (χ2n) is 4.31. The number of hydrogen-bond acceptors (Lipinski definition) is 0. The molecule has 0 spiro atoms. The lowest BCUT2D eigenvalue weighted by atomic mass is 9.94. The topological polar surface area (TPSA) is 0 Å². The van der Waals surface area contributed by atoms with Gasteiger partial charge in [0.25, 0.3) is 0 Å². The molecule has 78 valence electrons. The minimum atomic E-state index is 0.724. The number of aryl methyl sites for hydroxylation is 1. The average molecular weight is 190 g/mol. The normalized spacial score (nSPS) is 12.8. The maximum absolute atomic E-state index is 2.34. The molecule has 1 aromatic rings. The summed E-state index contributed by atoms with van der Waals surface area (Å²) in [6, 6.07) is 8.91. The number of unbranched alkanes of at least 4 members (excludes halogenated alkanes) is 2. The van der Waals surface area contributed by atoms with Crippen molar-refractivity contribution in [3.63, 3.8) is 0 Å². The second kappa shape index (κ2) is 5.85. The Morgan fingerprint density at radius 1 is 1.21 bits per heavy atom. The summed E-state index contributed by atoms with van der Waals surface area (Å²) in [4.78, 5) is 0. The first-order chi connectivity index (χ1) is 6.74. The van der Waals surface area contributed by atoms with E-state index >= 15 is 0 Å². The molecule has 0 aromatic heterocycles. The molecule has 1 aromatic carbocycles. The lowest BCUT2D eigenvalue weighted by Crippen LogP contribution is -1.93. The largest absolute Gasteiger partial charge is 0.0654 e. The lowest BCUT2D eigenvalue weighted by molar-refractivity contribution is 0.598. The van der Waals surface area contributed by atoms with Crippen LogP contribution in [-0.2, 0) is 0 Å². The molecule has 0 saturated heterocycles. The Hall–Kier alpha value is -0.780. The molecular formula is C14H22. The van der Waals surface area contributed by atoms with Crippen LogP contribution in [0.15, 0.2) is 24.3 Å². The SMILES string of the molecule is CCCCCC(C)c1cccc(C)c1. The van der Waals surface area contributed by atoms with Gasteiger partial charge in [-0.2, -0.15) is 0 Å². The van der Waals surface area contributed by atoms with Gasteiger partial charge >= 0.3 is 0 Å². The molecule has 1 rings (SSSR count). The third kappa shape index (κ3) is 3.53. The first-order valence-corrected chi connectivity index (χ1v) is 5.80. The lowest BCUT2D eigenvalue weighted by Gasteiger charge is -2.11. The van der Waals surface area contributed by atoms with E-state index in [-0.39, 0.29) is 0 Å². The predicted octanol–water partition coefficient (Wildman–Crippen LogP) is 4.68. The van der Waals surface area contributed by atoms with Crippen molar-refractivity contribution in [2.24, 2.45) is 0 Å². The van der Waals surface area contributed by atoms with E-state index < -0.39 is 0 Å². The maximum atomic E-state index is 2.34. The van der Waals surface area contributed by atoms with Crippen molar-refractivity contribution in [2.45, 2.75) is 52.4 Å². The van der Waals surface area contributed by atoms with Gasteiger partial charge in [0.1, 0.15) is 0 Å². The maximum Gasteiger partial charge on any atom is -0.0190 e. The van der Waals surface area contributed by atoms with E-state index in [1.165, 1.54) is 36.8 Å². The van der Waals surface area contributed by atoms with Crippen molar-refractivity contribution in [2.75, 3.05) is 0 Å². The first-order valence-electron chi connectivity index (χ1n) is 5.80. The van der Waals surface area contributed by atoms with Gasteiger partial charge in [0.15, 0.2) is 0 Å². The van der Waals surface area contributed by atoms with Crippen LogP contribution < -0.4 is 0 Å². The molecule has 0 saturated carbocycles. The zero-order valence-electron chi connectivity index (χ0n) is 9.72. The standard InChI is InChI=1S/C14H22/c1-4-5-6-9-13(3)14-10-7-8-12(2)11-14/h7-8,10-11,13H,4-6,9H2,1-3H3. The van der Waals surface area contributed by atoms with Gasteiger partial charge in [-0.3, -0.25) is 0 Å². The summed E-state index contributed by atoms with van der Waals surface area (Å²) in [6.45, 7) is 6.77. The van der Waals surface area contributed by atoms with Gasteiger partial charge in [-0.1, -0.05) is 62.9 Å². The molecule has 0 bridgehead atoms. The highest BCUT2D eigenvalue weighted by atomic mass is 14.1. The summed E-state index contributed by atoms with van der Waals surface area (Å²) in [5, 5.41) is 0. The third-order valence-corrected chi connectivity index (χ3v) is 2.85. The highest BCUT2D eigenvalue weighted by Crippen LogP contribution is 2.22. The number of rotatable bonds is 5. The molecular weight excluding hydrogens is 168 g/mol. The average Bonchev–Trinajstić information content (AvgIpc) is 2.18. The van der Waals surface area contributed by atoms with Crippen molar-refractivity contribution in [1.82, 2.24) is 0 Å². The van der Waals surface area contributed by atoms with Gasteiger partial charge in [0.2, 0.25) is 0 Å². The van der Waals surface area contributed by atoms with E-state index in [0.717, 1.165) is 5.92 Å². The molecule has 0 amide bonds. The Labute approximate surface area is 88.4 Å². The molecule has 0 aliphatic rings. The van der Waals surface area contributed by atoms with Crippen molar-refractivity contribution in [3.8, 4) is 0 Å². The Balaban J connectivity index is 2.47. The van der Waals surface area contributed by atoms with Gasteiger partial charge < -0.3 is 0 Å². The molecule has 0 heterocycles. The van der Waals surface area contributed by atoms with Crippen LogP contribution in [0.1, 0.15) is 56.6 Å². The molecule has 0 fully saturated rings. The second-order valence-corrected chi connectivity index (χ2v) is 4.31. The molecule has 0 aliphatic carbocycles. The van der Waals surface area contributed by atoms with Crippen molar-refractivity contribution >= 4 is 0 Å². The van der Waals surface area contributed by atoms with Crippen molar-refractivity contribution in [3.05, 3.63) is 35.4 Å². The van der Waals surface area contributed by atoms with Crippen LogP contribution >= 0.6 is 0 Å². The van der Waals surface area contributed by atoms with Crippen LogP contribution in [0.4, 0.5) is 0 Å². The Bertz CT molecular complexity index is 262. The van der Waals surface area contributed by atoms with Crippen LogP contribution in [0, 0.1) is 6.92 Å². The van der Waals surface area contributed by atoms with Crippen molar-refractivity contribution in [1.29, 1.82) is 0 Å². The summed E-state index contributed by atoms with van der Waals surface area (Å²) in [5.74, 6) is 0.724. The smallest absolute Gasteiger partial charge is 0.0190 e. The summed E-state index contributed by atoms with van der Waals surface area (Å²) >= 11 is 0. The fourth-order valence-electron chi connectivity index (χ4n) is 1.84. The van der Waals surface area contributed by atoms with E-state index in [2.05, 4.69) is 45.0 Å². The summed E-state index contributed by atoms with van der Waals surface area (Å²) in [5.41, 5.74) is 2.88. The molecule has 1 unspecified atom stereocenters. The van der Waals surface area contributed by atoms with Gasteiger partial charge in [0, 0.05) is 0 Å². The van der Waals surface area contributed by atoms with E-state index in [1.54, 1.807) is 0 Å². The molecule has 0 N–H and O–H groups in total. The molecule has 0 aliphatic heterocycles. The van der Waals surface area contributed by atoms with Gasteiger partial charge in [-0.05, 0) is 24.8 Å². The van der Waals surface area contributed by atoms with Crippen LogP contribution in [0.3, 0.4) is 0 Å². The molecule has 0 radical (unpaired) electrons. The van der Waals surface area contributed by atoms with Gasteiger partial charge in [0.05, 0.1) is 0 Å². The fraction of sp³-hybridized carbons (Fsp3) is 0.571. The Kier molecular flexibility index (Phi) is 4.72. The summed E-state index contributed by atoms with van der Waals surface area (Å²) in [6.07, 6.45) is 5.39. The molecule has 0 heteroatoms. The Morgan fingerprint density at radius 2 is 2.00 bits per heavy atom. The van der Waals surface area contributed by atoms with E-state index in [4.69, 9.17) is 0 Å². The molecule has 14 heavy (non-hydrogen) atoms. The van der Waals surface area contributed by atoms with E-state index in [9.17, 15) is 0 Å². The van der Waals surface area contributed by atoms with Crippen LogP contribution in [0.5, 0.6) is 0 Å². The zero-order valence-corrected chi connectivity index (χ0v) is 9.72. The van der Waals surface area contributed by atoms with Gasteiger partial charge in [-0.25, -0.2) is 0 Å². The van der Waals surface area contributed by atoms with Crippen LogP contribution in [-0.4, -0.2) is 0 Å². The van der Waals surface area contributed by atoms with Crippen LogP contribution in [0.25, 0.3) is 0 Å². The van der Waals surface area contributed by atoms with Gasteiger partial charge in [-0.15, -0.1) is 0 Å². The summed E-state index contributed by atoms with van der Waals surface area (Å²) in [7, 11) is 0. The number of hydrogen-bond donors (Lipinski definition) is 0. The Morgan fingerprint density at radius 3 is 2.64 bits per heavy atom. The minimum Gasteiger partial charge on any atom is -0.0654 e. The minimum absolute atomic E-state index is 0.724. The predicted molar refractivity (Wildman–Crippen MR) is 63.7 cm³/mol. The quantitative estimate of drug-likeness (QED) is 0.591. The first kappa shape index (κ1) is 11.3. The third-order valence-electron chi connectivity index (χ3n) is 2.85. The van der Waals surface area contributed by atoms with Crippen LogP contribution in [0.2, 0.25) is 0 Å². The summed E-state index contributed by atoms with van der Waals surface area (Å²) < 4.78 is 0. The highest BCUT2D eigenvalue weighted by Gasteiger charge is 2.04. The monoisotopic (exact) mass is 190 g/mol.